The topological polar surface area (TPSA) is 0 Å². The number of benzene rings is 1. The number of hydrogen-bond donors (Lipinski definition) is 0. The summed E-state index contributed by atoms with van der Waals surface area (Å²) in [5, 5.41) is 0. The molecule has 1 aromatic carbocycles. The molecule has 0 heterocycles. The van der Waals surface area contributed by atoms with Crippen molar-refractivity contribution in [1.82, 2.24) is 0 Å². The van der Waals surface area contributed by atoms with E-state index >= 15 is 0 Å². The zero-order chi connectivity index (χ0) is 98.0. The second kappa shape index (κ2) is 57.1. The Labute approximate surface area is 814 Å². The van der Waals surface area contributed by atoms with Gasteiger partial charge in [0.15, 0.2) is 0 Å². The summed E-state index contributed by atoms with van der Waals surface area (Å²) in [4.78, 5) is 0. The highest BCUT2D eigenvalue weighted by Crippen LogP contribution is 2.75. The van der Waals surface area contributed by atoms with Gasteiger partial charge in [-0.3, -0.25) is 0 Å². The molecule has 762 valence electrons. The van der Waals surface area contributed by atoms with Crippen molar-refractivity contribution in [3.8, 4) is 0 Å². The van der Waals surface area contributed by atoms with Crippen LogP contribution in [0.3, 0.4) is 0 Å². The first-order valence-corrected chi connectivity index (χ1v) is 59.7. The van der Waals surface area contributed by atoms with Gasteiger partial charge in [0.2, 0.25) is 0 Å². The van der Waals surface area contributed by atoms with Crippen LogP contribution in [0.5, 0.6) is 0 Å². The SMILES string of the molecule is CCCCCC(CC)(CC)CC(CC(CC(CC)c1ccccc1)(CC(CC(CC)(CC)CC)(CC(CC)(CC)CC)CC(CC)(CC)CC)CC(CC(CC)(CC)CC)(CC(CC)(CC)CC)CC(CC)(CC)CC)(CC(CC(CC)(CC)CC)(CC(CC)(CC)CC)CC(CC)(CC)CC)CC(CC(CC)(CC)CC)(CC(CC)(CC)CC)CC(CC)(CC)CC. The molecule has 0 amide bonds. The van der Waals surface area contributed by atoms with E-state index in [1.807, 2.05) is 0 Å². The van der Waals surface area contributed by atoms with Crippen LogP contribution in [0, 0.1) is 103 Å². The molecule has 1 rings (SSSR count). The fourth-order valence-electron chi connectivity index (χ4n) is 33.5. The summed E-state index contributed by atoms with van der Waals surface area (Å²) < 4.78 is 0. The van der Waals surface area contributed by atoms with E-state index in [9.17, 15) is 0 Å². The Balaban J connectivity index is 7.67. The van der Waals surface area contributed by atoms with Gasteiger partial charge >= 0.3 is 0 Å². The molecule has 1 atom stereocenters. The molecule has 0 saturated heterocycles. The van der Waals surface area contributed by atoms with E-state index in [4.69, 9.17) is 0 Å². The maximum atomic E-state index is 2.84. The van der Waals surface area contributed by atoms with E-state index < -0.39 is 0 Å². The van der Waals surface area contributed by atoms with Crippen molar-refractivity contribution in [2.24, 2.45) is 103 Å². The third kappa shape index (κ3) is 31.9. The minimum Gasteiger partial charge on any atom is -0.0654 e. The number of unbranched alkanes of at least 4 members (excludes halogenated alkanes) is 2. The molecule has 0 saturated carbocycles. The third-order valence-corrected chi connectivity index (χ3v) is 45.8. The highest BCUT2D eigenvalue weighted by molar-refractivity contribution is 5.22. The standard InChI is InChI=1S/C128H250/c1-41-81-85-88-122(79-39,80-40)102-128(106-126(96-116(61-21,62-22)63-23,97-117(64-24,65-25)66-26)98-118(67-27,68-28)69-29,107-127(99-119(70-30,71-31)72-32,100-120(73-33,74-34)75-35)101-121(76-36,77-37)78-38)105-123(89-108(42-2)109-86-83-82-84-87-109,103-124(90-110(43-3,44-4)45-5,91-111(46-6,47-7)48-8)92-112(49-9,50-10)51-11)104-125(93-113(52-12,53-13)54-14,94-114(55-15,56-16)57-17)95-115(58-18,59-19)60-20/h82-84,86-87,108H,41-81,85,88-107H2,1-40H3. The highest BCUT2D eigenvalue weighted by atomic mass is 14.7. The summed E-state index contributed by atoms with van der Waals surface area (Å²) >= 11 is 0. The minimum absolute atomic E-state index is 0.0588. The lowest BCUT2D eigenvalue weighted by Gasteiger charge is -2.64. The average molecular weight is 1790 g/mol. The Morgan fingerprint density at radius 3 is 0.414 bits per heavy atom. The first-order valence-electron chi connectivity index (χ1n) is 59.7. The summed E-state index contributed by atoms with van der Waals surface area (Å²) in [5.41, 5.74) is 4.76. The van der Waals surface area contributed by atoms with Crippen molar-refractivity contribution in [3.63, 3.8) is 0 Å². The van der Waals surface area contributed by atoms with Gasteiger partial charge in [-0.15, -0.1) is 0 Å². The van der Waals surface area contributed by atoms with E-state index in [2.05, 4.69) is 307 Å². The van der Waals surface area contributed by atoms with Crippen LogP contribution < -0.4 is 0 Å². The van der Waals surface area contributed by atoms with Crippen molar-refractivity contribution >= 4 is 0 Å². The summed E-state index contributed by atoms with van der Waals surface area (Å²) in [6, 6.07) is 13.0. The summed E-state index contributed by atoms with van der Waals surface area (Å²) in [6.07, 6.45) is 82.0. The van der Waals surface area contributed by atoms with Crippen molar-refractivity contribution in [1.29, 1.82) is 0 Å². The zero-order valence-electron chi connectivity index (χ0n) is 97.3. The van der Waals surface area contributed by atoms with E-state index in [0.29, 0.717) is 5.92 Å². The maximum Gasteiger partial charge on any atom is -0.0159 e. The molecule has 0 aliphatic heterocycles. The van der Waals surface area contributed by atoms with Crippen LogP contribution in [0.25, 0.3) is 0 Å². The Kier molecular flexibility index (Phi) is 55.8. The highest BCUT2D eigenvalue weighted by Gasteiger charge is 2.63. The molecular weight excluding hydrogens is 1540 g/mol. The molecule has 0 heteroatoms. The first kappa shape index (κ1) is 125. The van der Waals surface area contributed by atoms with Gasteiger partial charge in [0, 0.05) is 0 Å². The minimum atomic E-state index is -0.0887. The molecule has 0 bridgehead atoms. The Morgan fingerprint density at radius 2 is 0.281 bits per heavy atom. The van der Waals surface area contributed by atoms with Gasteiger partial charge in [0.25, 0.3) is 0 Å². The van der Waals surface area contributed by atoms with Gasteiger partial charge in [-0.1, -0.05) is 571 Å². The van der Waals surface area contributed by atoms with E-state index in [1.165, 1.54) is 398 Å². The molecule has 128 heavy (non-hydrogen) atoms. The van der Waals surface area contributed by atoms with Gasteiger partial charge in [0.1, 0.15) is 0 Å². The molecule has 0 aliphatic rings. The van der Waals surface area contributed by atoms with E-state index in [0.717, 1.165) is 0 Å². The lowest BCUT2D eigenvalue weighted by atomic mass is 9.41. The maximum absolute atomic E-state index is 2.84. The average Bonchev–Trinajstić information content (AvgIpc) is 0.717. The molecule has 0 fully saturated rings. The fourth-order valence-corrected chi connectivity index (χ4v) is 33.5. The zero-order valence-corrected chi connectivity index (χ0v) is 97.3. The summed E-state index contributed by atoms with van der Waals surface area (Å²) in [7, 11) is 0. The lowest BCUT2D eigenvalue weighted by molar-refractivity contribution is -0.129. The summed E-state index contributed by atoms with van der Waals surface area (Å²) in [6.45, 7) is 110. The van der Waals surface area contributed by atoms with Crippen LogP contribution in [0.2, 0.25) is 0 Å². The van der Waals surface area contributed by atoms with Gasteiger partial charge < -0.3 is 0 Å². The Hall–Kier alpha value is -0.780. The Morgan fingerprint density at radius 1 is 0.148 bits per heavy atom. The molecule has 0 aliphatic carbocycles. The van der Waals surface area contributed by atoms with Crippen molar-refractivity contribution < 1.29 is 0 Å². The molecule has 0 spiro atoms. The predicted octanol–water partition coefficient (Wildman–Crippen LogP) is 46.5. The second-order valence-corrected chi connectivity index (χ2v) is 49.3. The van der Waals surface area contributed by atoms with Crippen LogP contribution in [0.1, 0.15) is 687 Å². The van der Waals surface area contributed by atoms with Crippen molar-refractivity contribution in [2.45, 2.75) is 681 Å². The van der Waals surface area contributed by atoms with Gasteiger partial charge in [0.05, 0.1) is 0 Å². The molecule has 0 nitrogen and oxygen atoms in total. The fraction of sp³-hybridized carbons (Fsp3) is 0.953. The van der Waals surface area contributed by atoms with Gasteiger partial charge in [-0.05, 0) is 249 Å². The van der Waals surface area contributed by atoms with E-state index in [-0.39, 0.29) is 103 Å². The molecule has 0 radical (unpaired) electrons. The largest absolute Gasteiger partial charge is 0.0654 e. The molecule has 0 N–H and O–H groups in total. The van der Waals surface area contributed by atoms with Crippen LogP contribution >= 0.6 is 0 Å². The molecule has 1 unspecified atom stereocenters. The smallest absolute Gasteiger partial charge is 0.0159 e. The third-order valence-electron chi connectivity index (χ3n) is 45.8. The summed E-state index contributed by atoms with van der Waals surface area (Å²) in [5.74, 6) is 0.428. The molecule has 1 aromatic rings. The normalized spacial score (nSPS) is 14.8. The second-order valence-electron chi connectivity index (χ2n) is 49.3. The molecular formula is C128H250. The number of rotatable bonds is 82. The van der Waals surface area contributed by atoms with Gasteiger partial charge in [-0.25, -0.2) is 0 Å². The Bertz CT molecular complexity index is 2430. The van der Waals surface area contributed by atoms with Crippen LogP contribution in [-0.4, -0.2) is 0 Å². The quantitative estimate of drug-likeness (QED) is 0.0570. The predicted molar refractivity (Wildman–Crippen MR) is 589 cm³/mol. The van der Waals surface area contributed by atoms with E-state index in [1.54, 1.807) is 5.56 Å². The monoisotopic (exact) mass is 1790 g/mol. The van der Waals surface area contributed by atoms with Crippen molar-refractivity contribution in [2.75, 3.05) is 0 Å². The molecule has 0 aromatic heterocycles. The van der Waals surface area contributed by atoms with Gasteiger partial charge in [-0.2, -0.15) is 0 Å². The van der Waals surface area contributed by atoms with Crippen LogP contribution in [0.15, 0.2) is 30.3 Å². The van der Waals surface area contributed by atoms with Crippen LogP contribution in [-0.2, 0) is 0 Å². The van der Waals surface area contributed by atoms with Crippen LogP contribution in [0.4, 0.5) is 0 Å². The van der Waals surface area contributed by atoms with Crippen molar-refractivity contribution in [3.05, 3.63) is 35.9 Å². The first-order chi connectivity index (χ1) is 60.6. The lowest BCUT2D eigenvalue weighted by Crippen LogP contribution is -2.53. The number of hydrogen-bond acceptors (Lipinski definition) is 0.